The number of carbonyl (C=O) groups is 1. The molecule has 0 fully saturated rings. The molecule has 3 N–H and O–H groups in total. The molecule has 0 aliphatic carbocycles. The quantitative estimate of drug-likeness (QED) is 0.734. The summed E-state index contributed by atoms with van der Waals surface area (Å²) < 4.78 is 27.6. The lowest BCUT2D eigenvalue weighted by molar-refractivity contribution is 0.0921. The highest BCUT2D eigenvalue weighted by Crippen LogP contribution is 2.20. The van der Waals surface area contributed by atoms with Crippen molar-refractivity contribution < 1.29 is 18.3 Å². The molecule has 1 unspecified atom stereocenters. The van der Waals surface area contributed by atoms with Crippen LogP contribution in [0.2, 0.25) is 0 Å². The van der Waals surface area contributed by atoms with Gasteiger partial charge >= 0.3 is 0 Å². The zero-order valence-corrected chi connectivity index (χ0v) is 15.2. The van der Waals surface area contributed by atoms with E-state index in [1.807, 2.05) is 19.1 Å². The van der Waals surface area contributed by atoms with Crippen molar-refractivity contribution in [2.24, 2.45) is 0 Å². The van der Waals surface area contributed by atoms with Gasteiger partial charge in [-0.05, 0) is 50.6 Å². The van der Waals surface area contributed by atoms with E-state index in [1.165, 1.54) is 12.1 Å². The van der Waals surface area contributed by atoms with Crippen LogP contribution in [0.4, 0.5) is 5.69 Å². The monoisotopic (exact) mass is 362 g/mol. The van der Waals surface area contributed by atoms with Gasteiger partial charge in [0.1, 0.15) is 0 Å². The average Bonchev–Trinajstić information content (AvgIpc) is 2.56. The Bertz CT molecular complexity index is 861. The van der Waals surface area contributed by atoms with Gasteiger partial charge in [0, 0.05) is 17.3 Å². The van der Waals surface area contributed by atoms with Gasteiger partial charge < -0.3 is 10.4 Å². The number of hydrogen-bond acceptors (Lipinski definition) is 4. The zero-order chi connectivity index (χ0) is 18.6. The molecule has 0 radical (unpaired) electrons. The van der Waals surface area contributed by atoms with Crippen molar-refractivity contribution in [3.8, 4) is 0 Å². The third-order valence-corrected chi connectivity index (χ3v) is 5.10. The van der Waals surface area contributed by atoms with Crippen molar-refractivity contribution in [2.45, 2.75) is 31.7 Å². The van der Waals surface area contributed by atoms with Gasteiger partial charge in [0.2, 0.25) is 0 Å². The van der Waals surface area contributed by atoms with Crippen molar-refractivity contribution in [1.82, 2.24) is 5.32 Å². The second-order valence-electron chi connectivity index (χ2n) is 6.01. The molecule has 0 spiro atoms. The van der Waals surface area contributed by atoms with Gasteiger partial charge in [-0.3, -0.25) is 9.52 Å². The second kappa shape index (κ2) is 7.67. The van der Waals surface area contributed by atoms with Crippen LogP contribution < -0.4 is 10.0 Å². The van der Waals surface area contributed by atoms with Crippen LogP contribution in [-0.4, -0.2) is 32.1 Å². The van der Waals surface area contributed by atoms with E-state index in [4.69, 9.17) is 5.11 Å². The minimum Gasteiger partial charge on any atom is -0.394 e. The van der Waals surface area contributed by atoms with E-state index in [0.29, 0.717) is 11.3 Å². The van der Waals surface area contributed by atoms with E-state index in [-0.39, 0.29) is 17.1 Å². The van der Waals surface area contributed by atoms with Gasteiger partial charge in [0.25, 0.3) is 15.9 Å². The molecule has 0 saturated carbocycles. The molecule has 2 aromatic carbocycles. The van der Waals surface area contributed by atoms with Crippen molar-refractivity contribution in [3.05, 3.63) is 59.2 Å². The number of amides is 1. The molecule has 0 aromatic heterocycles. The maximum Gasteiger partial charge on any atom is 0.261 e. The molecule has 1 amide bonds. The summed E-state index contributed by atoms with van der Waals surface area (Å²) in [6, 6.07) is 10.9. The van der Waals surface area contributed by atoms with Gasteiger partial charge in [-0.2, -0.15) is 0 Å². The molecule has 1 atom stereocenters. The molecule has 25 heavy (non-hydrogen) atoms. The van der Waals surface area contributed by atoms with Crippen LogP contribution in [0.1, 0.15) is 28.4 Å². The van der Waals surface area contributed by atoms with Crippen LogP contribution in [0.5, 0.6) is 0 Å². The van der Waals surface area contributed by atoms with E-state index in [0.717, 1.165) is 5.56 Å². The molecular weight excluding hydrogens is 340 g/mol. The number of hydrogen-bond donors (Lipinski definition) is 3. The summed E-state index contributed by atoms with van der Waals surface area (Å²) in [6.45, 7) is 5.10. The first kappa shape index (κ1) is 19.0. The van der Waals surface area contributed by atoms with Gasteiger partial charge in [-0.25, -0.2) is 8.42 Å². The maximum atomic E-state index is 12.6. The summed E-state index contributed by atoms with van der Waals surface area (Å²) in [6.07, 6.45) is 0. The number of aryl methyl sites for hydroxylation is 2. The number of sulfonamides is 1. The van der Waals surface area contributed by atoms with Crippen LogP contribution in [0.3, 0.4) is 0 Å². The van der Waals surface area contributed by atoms with Crippen molar-refractivity contribution >= 4 is 21.6 Å². The Morgan fingerprint density at radius 3 is 2.36 bits per heavy atom. The predicted molar refractivity (Wildman–Crippen MR) is 97.2 cm³/mol. The fourth-order valence-electron chi connectivity index (χ4n) is 2.20. The van der Waals surface area contributed by atoms with Crippen LogP contribution in [0.25, 0.3) is 0 Å². The minimum atomic E-state index is -3.81. The first-order valence-electron chi connectivity index (χ1n) is 7.85. The lowest BCUT2D eigenvalue weighted by Crippen LogP contribution is -2.35. The van der Waals surface area contributed by atoms with Crippen LogP contribution >= 0.6 is 0 Å². The highest BCUT2D eigenvalue weighted by molar-refractivity contribution is 7.92. The first-order valence-corrected chi connectivity index (χ1v) is 9.33. The molecule has 0 aliphatic heterocycles. The minimum absolute atomic E-state index is 0.000441. The van der Waals surface area contributed by atoms with E-state index in [9.17, 15) is 13.2 Å². The summed E-state index contributed by atoms with van der Waals surface area (Å²) in [5.41, 5.74) is 2.38. The van der Waals surface area contributed by atoms with Crippen molar-refractivity contribution in [1.29, 1.82) is 0 Å². The van der Waals surface area contributed by atoms with Gasteiger partial charge in [-0.1, -0.05) is 23.8 Å². The number of carbonyl (C=O) groups excluding carboxylic acids is 1. The zero-order valence-electron chi connectivity index (χ0n) is 14.4. The number of anilines is 1. The molecule has 2 aromatic rings. The Labute approximate surface area is 147 Å². The Morgan fingerprint density at radius 1 is 1.12 bits per heavy atom. The number of nitrogens with one attached hydrogen (secondary N) is 2. The van der Waals surface area contributed by atoms with Crippen LogP contribution in [-0.2, 0) is 10.0 Å². The van der Waals surface area contributed by atoms with Crippen molar-refractivity contribution in [2.75, 3.05) is 11.3 Å². The normalized spacial score (nSPS) is 12.5. The maximum absolute atomic E-state index is 12.6. The predicted octanol–water partition coefficient (Wildman–Crippen LogP) is 2.21. The molecule has 6 nitrogen and oxygen atoms in total. The Hall–Kier alpha value is -2.38. The third-order valence-electron chi connectivity index (χ3n) is 3.72. The molecular formula is C18H22N2O4S. The molecule has 0 bridgehead atoms. The highest BCUT2D eigenvalue weighted by atomic mass is 32.2. The Kier molecular flexibility index (Phi) is 5.81. The smallest absolute Gasteiger partial charge is 0.261 e. The number of rotatable bonds is 6. The molecule has 0 heterocycles. The number of aliphatic hydroxyl groups is 1. The highest BCUT2D eigenvalue weighted by Gasteiger charge is 2.19. The summed E-state index contributed by atoms with van der Waals surface area (Å²) in [5, 5.41) is 11.7. The van der Waals surface area contributed by atoms with Gasteiger partial charge in [0.05, 0.1) is 11.5 Å². The first-order chi connectivity index (χ1) is 11.7. The summed E-state index contributed by atoms with van der Waals surface area (Å²) in [4.78, 5) is 12.3. The lowest BCUT2D eigenvalue weighted by Gasteiger charge is -2.14. The summed E-state index contributed by atoms with van der Waals surface area (Å²) in [5.74, 6) is -0.425. The van der Waals surface area contributed by atoms with Gasteiger partial charge in [0.15, 0.2) is 0 Å². The Balaban J connectivity index is 2.30. The van der Waals surface area contributed by atoms with E-state index in [2.05, 4.69) is 10.0 Å². The average molecular weight is 362 g/mol. The second-order valence-corrected chi connectivity index (χ2v) is 7.69. The Morgan fingerprint density at radius 2 is 1.76 bits per heavy atom. The third kappa shape index (κ3) is 4.80. The SMILES string of the molecule is Cc1ccc(NS(=O)(=O)c2ccc(C)c(C(=O)NC(C)CO)c2)cc1. The van der Waals surface area contributed by atoms with Crippen LogP contribution in [0, 0.1) is 13.8 Å². The van der Waals surface area contributed by atoms with E-state index < -0.39 is 22.0 Å². The molecule has 0 saturated heterocycles. The van der Waals surface area contributed by atoms with E-state index in [1.54, 1.807) is 32.0 Å². The van der Waals surface area contributed by atoms with Crippen LogP contribution in [0.15, 0.2) is 47.4 Å². The molecule has 7 heteroatoms. The van der Waals surface area contributed by atoms with Crippen molar-refractivity contribution in [3.63, 3.8) is 0 Å². The van der Waals surface area contributed by atoms with E-state index >= 15 is 0 Å². The molecule has 134 valence electrons. The largest absolute Gasteiger partial charge is 0.394 e. The number of aliphatic hydroxyl groups excluding tert-OH is 1. The van der Waals surface area contributed by atoms with Gasteiger partial charge in [-0.15, -0.1) is 0 Å². The molecule has 2 rings (SSSR count). The number of benzene rings is 2. The fourth-order valence-corrected chi connectivity index (χ4v) is 3.28. The molecule has 0 aliphatic rings. The summed E-state index contributed by atoms with van der Waals surface area (Å²) in [7, 11) is -3.81. The topological polar surface area (TPSA) is 95.5 Å². The standard InChI is InChI=1S/C18H22N2O4S/c1-12-4-7-15(8-5-12)20-25(23,24)16-9-6-13(2)17(10-16)18(22)19-14(3)11-21/h4-10,14,20-21H,11H2,1-3H3,(H,19,22). The lowest BCUT2D eigenvalue weighted by atomic mass is 10.1. The fraction of sp³-hybridized carbons (Fsp3) is 0.278. The summed E-state index contributed by atoms with van der Waals surface area (Å²) >= 11 is 0.